The van der Waals surface area contributed by atoms with Crippen molar-refractivity contribution in [1.29, 1.82) is 0 Å². The lowest BCUT2D eigenvalue weighted by molar-refractivity contribution is -0.385. The number of carbonyl (C=O) groups excluding carboxylic acids is 2. The molecular weight excluding hydrogens is 554 g/mol. The molecule has 0 unspecified atom stereocenters. The van der Waals surface area contributed by atoms with Gasteiger partial charge in [0.25, 0.3) is 11.6 Å². The van der Waals surface area contributed by atoms with Crippen LogP contribution >= 0.6 is 0 Å². The van der Waals surface area contributed by atoms with Crippen LogP contribution in [0.15, 0.2) is 91.0 Å². The van der Waals surface area contributed by atoms with Crippen LogP contribution in [0.4, 0.5) is 5.69 Å². The minimum absolute atomic E-state index is 0.0212. The maximum Gasteiger partial charge on any atom is 0.339 e. The second-order valence-electron chi connectivity index (χ2n) is 11.8. The number of amides is 1. The minimum atomic E-state index is -0.584. The van der Waals surface area contributed by atoms with Crippen LogP contribution in [0.5, 0.6) is 0 Å². The third kappa shape index (κ3) is 6.39. The molecule has 0 bridgehead atoms. The Hall–Kier alpha value is -5.24. The highest BCUT2D eigenvalue weighted by molar-refractivity contribution is 5.99. The molecule has 44 heavy (non-hydrogen) atoms. The van der Waals surface area contributed by atoms with Gasteiger partial charge in [-0.2, -0.15) is 0 Å². The number of nitro groups is 1. The number of nitrogens with one attached hydrogen (secondary N) is 1. The number of benzene rings is 4. The van der Waals surface area contributed by atoms with Crippen molar-refractivity contribution in [2.45, 2.75) is 53.3 Å². The highest BCUT2D eigenvalue weighted by Gasteiger charge is 2.21. The number of nitro benzene ring substituents is 1. The molecule has 4 aromatic carbocycles. The topological polar surface area (TPSA) is 103 Å². The number of para-hydroxylation sites is 1. The van der Waals surface area contributed by atoms with Gasteiger partial charge in [0.1, 0.15) is 5.60 Å². The zero-order valence-electron chi connectivity index (χ0n) is 25.5. The molecule has 0 aliphatic rings. The number of esters is 1. The third-order valence-electron chi connectivity index (χ3n) is 7.68. The summed E-state index contributed by atoms with van der Waals surface area (Å²) in [5, 5.41) is 15.1. The lowest BCUT2D eigenvalue weighted by Gasteiger charge is -2.20. The number of aryl methyl sites for hydroxylation is 1. The van der Waals surface area contributed by atoms with E-state index in [1.54, 1.807) is 30.3 Å². The quantitative estimate of drug-likeness (QED) is 0.113. The van der Waals surface area contributed by atoms with Crippen molar-refractivity contribution in [3.05, 3.63) is 135 Å². The zero-order chi connectivity index (χ0) is 31.6. The van der Waals surface area contributed by atoms with Crippen LogP contribution in [-0.4, -0.2) is 27.0 Å². The average molecular weight is 590 g/mol. The largest absolute Gasteiger partial charge is 0.456 e. The Morgan fingerprint density at radius 2 is 1.59 bits per heavy atom. The van der Waals surface area contributed by atoms with Crippen molar-refractivity contribution in [3.63, 3.8) is 0 Å². The molecular formula is C36H35N3O5. The standard InChI is InChI=1S/C36H35N3O5/c1-23-24(2)38(22-25-14-16-26(17-15-25)29-11-7-8-12-30(29)35(41)44-36(3,4)5)33-19-18-27(20-31(23)33)34(40)37-21-28-10-6-9-13-32(28)39(42)43/h6-20H,21-22H2,1-5H3,(H,37,40). The van der Waals surface area contributed by atoms with Crippen molar-refractivity contribution >= 4 is 28.5 Å². The van der Waals surface area contributed by atoms with Gasteiger partial charge in [-0.3, -0.25) is 14.9 Å². The van der Waals surface area contributed by atoms with Gasteiger partial charge in [0, 0.05) is 46.9 Å². The summed E-state index contributed by atoms with van der Waals surface area (Å²) in [5.41, 5.74) is 6.88. The normalized spacial score (nSPS) is 11.4. The van der Waals surface area contributed by atoms with E-state index in [0.29, 0.717) is 23.2 Å². The van der Waals surface area contributed by atoms with Crippen LogP contribution in [0.1, 0.15) is 63.9 Å². The monoisotopic (exact) mass is 589 g/mol. The maximum atomic E-state index is 13.0. The summed E-state index contributed by atoms with van der Waals surface area (Å²) < 4.78 is 7.85. The molecule has 8 heteroatoms. The maximum absolute atomic E-state index is 13.0. The van der Waals surface area contributed by atoms with Gasteiger partial charge >= 0.3 is 5.97 Å². The van der Waals surface area contributed by atoms with E-state index in [-0.39, 0.29) is 24.1 Å². The third-order valence-corrected chi connectivity index (χ3v) is 7.68. The first kappa shape index (κ1) is 30.2. The van der Waals surface area contributed by atoms with Gasteiger partial charge < -0.3 is 14.6 Å². The summed E-state index contributed by atoms with van der Waals surface area (Å²) in [7, 11) is 0. The fourth-order valence-corrected chi connectivity index (χ4v) is 5.33. The van der Waals surface area contributed by atoms with Gasteiger partial charge in [0.05, 0.1) is 10.5 Å². The summed E-state index contributed by atoms with van der Waals surface area (Å²) in [6.07, 6.45) is 0. The van der Waals surface area contributed by atoms with Crippen molar-refractivity contribution in [3.8, 4) is 11.1 Å². The predicted octanol–water partition coefficient (Wildman–Crippen LogP) is 7.77. The molecule has 0 fully saturated rings. The lowest BCUT2D eigenvalue weighted by Crippen LogP contribution is -2.24. The molecule has 0 saturated carbocycles. The van der Waals surface area contributed by atoms with E-state index in [1.807, 2.05) is 70.2 Å². The number of rotatable bonds is 8. The van der Waals surface area contributed by atoms with Gasteiger partial charge in [0.15, 0.2) is 0 Å². The highest BCUT2D eigenvalue weighted by Crippen LogP contribution is 2.29. The number of hydrogen-bond acceptors (Lipinski definition) is 5. The van der Waals surface area contributed by atoms with E-state index in [4.69, 9.17) is 4.74 Å². The molecule has 5 rings (SSSR count). The van der Waals surface area contributed by atoms with Gasteiger partial charge in [-0.15, -0.1) is 0 Å². The number of nitrogens with zero attached hydrogens (tertiary/aromatic N) is 2. The molecule has 0 aliphatic heterocycles. The van der Waals surface area contributed by atoms with Crippen LogP contribution in [-0.2, 0) is 17.8 Å². The number of aromatic nitrogens is 1. The molecule has 5 aromatic rings. The van der Waals surface area contributed by atoms with Gasteiger partial charge in [-0.25, -0.2) is 4.79 Å². The number of ether oxygens (including phenoxy) is 1. The molecule has 1 heterocycles. The summed E-state index contributed by atoms with van der Waals surface area (Å²) in [6.45, 7) is 10.4. The van der Waals surface area contributed by atoms with E-state index in [0.717, 1.165) is 38.9 Å². The van der Waals surface area contributed by atoms with E-state index < -0.39 is 10.5 Å². The van der Waals surface area contributed by atoms with E-state index in [2.05, 4.69) is 28.9 Å². The van der Waals surface area contributed by atoms with Crippen molar-refractivity contribution in [2.24, 2.45) is 0 Å². The first-order chi connectivity index (χ1) is 20.9. The van der Waals surface area contributed by atoms with Gasteiger partial charge in [-0.1, -0.05) is 60.7 Å². The number of fused-ring (bicyclic) bond motifs is 1. The molecule has 0 saturated heterocycles. The van der Waals surface area contributed by atoms with Crippen LogP contribution in [0.3, 0.4) is 0 Å². The molecule has 8 nitrogen and oxygen atoms in total. The van der Waals surface area contributed by atoms with Crippen LogP contribution in [0.25, 0.3) is 22.0 Å². The second kappa shape index (κ2) is 12.2. The predicted molar refractivity (Wildman–Crippen MR) is 172 cm³/mol. The molecule has 0 atom stereocenters. The summed E-state index contributed by atoms with van der Waals surface area (Å²) in [6, 6.07) is 27.6. The summed E-state index contributed by atoms with van der Waals surface area (Å²) in [4.78, 5) is 36.7. The van der Waals surface area contributed by atoms with Crippen molar-refractivity contribution < 1.29 is 19.2 Å². The molecule has 0 radical (unpaired) electrons. The SMILES string of the molecule is Cc1c(C)n(Cc2ccc(-c3ccccc3C(=O)OC(C)(C)C)cc2)c2ccc(C(=O)NCc3ccccc3[N+](=O)[O-])cc12. The fraction of sp³-hybridized carbons (Fsp3) is 0.222. The molecule has 1 amide bonds. The summed E-state index contributed by atoms with van der Waals surface area (Å²) in [5.74, 6) is -0.645. The Kier molecular flexibility index (Phi) is 8.36. The van der Waals surface area contributed by atoms with Crippen LogP contribution in [0, 0.1) is 24.0 Å². The highest BCUT2D eigenvalue weighted by atomic mass is 16.6. The smallest absolute Gasteiger partial charge is 0.339 e. The Bertz CT molecular complexity index is 1880. The average Bonchev–Trinajstić information content (AvgIpc) is 3.23. The Balaban J connectivity index is 1.35. The van der Waals surface area contributed by atoms with E-state index in [9.17, 15) is 19.7 Å². The number of carbonyl (C=O) groups is 2. The Morgan fingerprint density at radius 1 is 0.909 bits per heavy atom. The zero-order valence-corrected chi connectivity index (χ0v) is 25.5. The molecule has 0 spiro atoms. The van der Waals surface area contributed by atoms with Gasteiger partial charge in [0.2, 0.25) is 0 Å². The lowest BCUT2D eigenvalue weighted by atomic mass is 9.98. The minimum Gasteiger partial charge on any atom is -0.456 e. The van der Waals surface area contributed by atoms with Crippen LogP contribution in [0.2, 0.25) is 0 Å². The Morgan fingerprint density at radius 3 is 2.30 bits per heavy atom. The van der Waals surface area contributed by atoms with Crippen molar-refractivity contribution in [2.75, 3.05) is 0 Å². The summed E-state index contributed by atoms with van der Waals surface area (Å²) >= 11 is 0. The first-order valence-corrected chi connectivity index (χ1v) is 14.4. The number of hydrogen-bond donors (Lipinski definition) is 1. The van der Waals surface area contributed by atoms with Crippen LogP contribution < -0.4 is 5.32 Å². The van der Waals surface area contributed by atoms with E-state index in [1.165, 1.54) is 6.07 Å². The fourth-order valence-electron chi connectivity index (χ4n) is 5.33. The molecule has 1 N–H and O–H groups in total. The molecule has 1 aromatic heterocycles. The van der Waals surface area contributed by atoms with Crippen molar-refractivity contribution in [1.82, 2.24) is 9.88 Å². The first-order valence-electron chi connectivity index (χ1n) is 14.4. The van der Waals surface area contributed by atoms with E-state index >= 15 is 0 Å². The molecule has 224 valence electrons. The second-order valence-corrected chi connectivity index (χ2v) is 11.8. The Labute approximate surface area is 256 Å². The molecule has 0 aliphatic carbocycles. The van der Waals surface area contributed by atoms with Gasteiger partial charge in [-0.05, 0) is 81.1 Å².